The zero-order valence-electron chi connectivity index (χ0n) is 6.50. The highest BCUT2D eigenvalue weighted by Gasteiger charge is 1.95. The highest BCUT2D eigenvalue weighted by atomic mass is 79.9. The van der Waals surface area contributed by atoms with E-state index in [1.165, 1.54) is 0 Å². The SMILES string of the molecule is NC/C=C/c1ccc(O)c(Br)c1. The van der Waals surface area contributed by atoms with Crippen molar-refractivity contribution in [3.05, 3.63) is 34.3 Å². The summed E-state index contributed by atoms with van der Waals surface area (Å²) in [4.78, 5) is 0. The topological polar surface area (TPSA) is 46.2 Å². The first-order valence-corrected chi connectivity index (χ1v) is 4.38. The Hall–Kier alpha value is -0.800. The highest BCUT2D eigenvalue weighted by Crippen LogP contribution is 2.24. The van der Waals surface area contributed by atoms with Crippen LogP contribution in [0, 0.1) is 0 Å². The van der Waals surface area contributed by atoms with Gasteiger partial charge in [0, 0.05) is 6.54 Å². The van der Waals surface area contributed by atoms with Crippen LogP contribution in [0.4, 0.5) is 0 Å². The summed E-state index contributed by atoms with van der Waals surface area (Å²) in [6.07, 6.45) is 3.77. The molecule has 2 nitrogen and oxygen atoms in total. The number of rotatable bonds is 2. The molecule has 3 heteroatoms. The van der Waals surface area contributed by atoms with E-state index in [1.807, 2.05) is 24.3 Å². The summed E-state index contributed by atoms with van der Waals surface area (Å²) >= 11 is 3.22. The molecule has 1 aromatic rings. The van der Waals surface area contributed by atoms with E-state index < -0.39 is 0 Å². The zero-order chi connectivity index (χ0) is 8.97. The Labute approximate surface area is 79.8 Å². The maximum absolute atomic E-state index is 9.17. The van der Waals surface area contributed by atoms with E-state index >= 15 is 0 Å². The van der Waals surface area contributed by atoms with Crippen LogP contribution in [0.15, 0.2) is 28.7 Å². The standard InChI is InChI=1S/C9H10BrNO/c10-8-6-7(2-1-5-11)3-4-9(8)12/h1-4,6,12H,5,11H2/b2-1+. The van der Waals surface area contributed by atoms with Crippen molar-refractivity contribution in [2.24, 2.45) is 5.73 Å². The number of halogens is 1. The van der Waals surface area contributed by atoms with Gasteiger partial charge < -0.3 is 10.8 Å². The zero-order valence-corrected chi connectivity index (χ0v) is 8.08. The van der Waals surface area contributed by atoms with Crippen molar-refractivity contribution in [1.82, 2.24) is 0 Å². The van der Waals surface area contributed by atoms with Gasteiger partial charge in [0.25, 0.3) is 0 Å². The van der Waals surface area contributed by atoms with E-state index in [-0.39, 0.29) is 5.75 Å². The minimum Gasteiger partial charge on any atom is -0.507 e. The molecule has 1 rings (SSSR count). The van der Waals surface area contributed by atoms with E-state index in [0.717, 1.165) is 5.56 Å². The highest BCUT2D eigenvalue weighted by molar-refractivity contribution is 9.10. The Morgan fingerprint density at radius 1 is 1.50 bits per heavy atom. The summed E-state index contributed by atoms with van der Waals surface area (Å²) in [5, 5.41) is 9.17. The van der Waals surface area contributed by atoms with Crippen LogP contribution in [-0.2, 0) is 0 Å². The van der Waals surface area contributed by atoms with Gasteiger partial charge in [-0.05, 0) is 33.6 Å². The van der Waals surface area contributed by atoms with Gasteiger partial charge in [0.2, 0.25) is 0 Å². The second kappa shape index (κ2) is 4.28. The van der Waals surface area contributed by atoms with Crippen LogP contribution in [0.5, 0.6) is 5.75 Å². The second-order valence-electron chi connectivity index (χ2n) is 2.35. The van der Waals surface area contributed by atoms with E-state index in [1.54, 1.807) is 6.07 Å². The smallest absolute Gasteiger partial charge is 0.129 e. The lowest BCUT2D eigenvalue weighted by molar-refractivity contribution is 0.472. The minimum absolute atomic E-state index is 0.250. The molecule has 1 aromatic carbocycles. The summed E-state index contributed by atoms with van der Waals surface area (Å²) in [7, 11) is 0. The van der Waals surface area contributed by atoms with Gasteiger partial charge in [0.15, 0.2) is 0 Å². The van der Waals surface area contributed by atoms with Gasteiger partial charge in [0.05, 0.1) is 4.47 Å². The van der Waals surface area contributed by atoms with Crippen LogP contribution in [0.25, 0.3) is 6.08 Å². The number of hydrogen-bond donors (Lipinski definition) is 2. The molecule has 0 amide bonds. The quantitative estimate of drug-likeness (QED) is 0.814. The molecule has 0 spiro atoms. The second-order valence-corrected chi connectivity index (χ2v) is 3.20. The number of benzene rings is 1. The lowest BCUT2D eigenvalue weighted by Crippen LogP contribution is -1.91. The van der Waals surface area contributed by atoms with Gasteiger partial charge in [-0.3, -0.25) is 0 Å². The summed E-state index contributed by atoms with van der Waals surface area (Å²) < 4.78 is 0.696. The van der Waals surface area contributed by atoms with E-state index in [4.69, 9.17) is 5.73 Å². The molecule has 0 fully saturated rings. The van der Waals surface area contributed by atoms with Gasteiger partial charge in [-0.15, -0.1) is 0 Å². The fraction of sp³-hybridized carbons (Fsp3) is 0.111. The molecule has 0 aliphatic heterocycles. The lowest BCUT2D eigenvalue weighted by Gasteiger charge is -1.97. The Balaban J connectivity index is 2.89. The average molecular weight is 228 g/mol. The Kier molecular flexibility index (Phi) is 3.31. The molecule has 64 valence electrons. The maximum atomic E-state index is 9.17. The van der Waals surface area contributed by atoms with Crippen LogP contribution < -0.4 is 5.73 Å². The normalized spacial score (nSPS) is 10.8. The molecule has 0 aliphatic carbocycles. The number of hydrogen-bond acceptors (Lipinski definition) is 2. The number of phenols is 1. The molecule has 0 heterocycles. The third kappa shape index (κ3) is 2.36. The van der Waals surface area contributed by atoms with Crippen molar-refractivity contribution in [2.45, 2.75) is 0 Å². The lowest BCUT2D eigenvalue weighted by atomic mass is 10.2. The summed E-state index contributed by atoms with van der Waals surface area (Å²) in [5.41, 5.74) is 6.32. The van der Waals surface area contributed by atoms with Crippen molar-refractivity contribution in [3.8, 4) is 5.75 Å². The molecule has 3 N–H and O–H groups in total. The Bertz CT molecular complexity index is 297. The molecule has 0 bridgehead atoms. The molecule has 0 aliphatic rings. The first kappa shape index (κ1) is 9.29. The Morgan fingerprint density at radius 2 is 2.25 bits per heavy atom. The fourth-order valence-electron chi connectivity index (χ4n) is 0.831. The van der Waals surface area contributed by atoms with Gasteiger partial charge in [-0.25, -0.2) is 0 Å². The summed E-state index contributed by atoms with van der Waals surface area (Å²) in [6, 6.07) is 5.30. The van der Waals surface area contributed by atoms with Crippen molar-refractivity contribution < 1.29 is 5.11 Å². The average Bonchev–Trinajstić information content (AvgIpc) is 2.07. The van der Waals surface area contributed by atoms with Gasteiger partial charge in [0.1, 0.15) is 5.75 Å². The maximum Gasteiger partial charge on any atom is 0.129 e. The van der Waals surface area contributed by atoms with Gasteiger partial charge in [-0.1, -0.05) is 18.2 Å². The summed E-state index contributed by atoms with van der Waals surface area (Å²) in [6.45, 7) is 0.526. The molecule has 0 unspecified atom stereocenters. The van der Waals surface area contributed by atoms with Crippen LogP contribution in [0.1, 0.15) is 5.56 Å². The third-order valence-corrected chi connectivity index (χ3v) is 2.05. The number of nitrogens with two attached hydrogens (primary N) is 1. The first-order valence-electron chi connectivity index (χ1n) is 3.59. The van der Waals surface area contributed by atoms with Crippen LogP contribution in [-0.4, -0.2) is 11.7 Å². The minimum atomic E-state index is 0.250. The van der Waals surface area contributed by atoms with Crippen LogP contribution in [0.3, 0.4) is 0 Å². The molecule has 0 atom stereocenters. The van der Waals surface area contributed by atoms with E-state index in [9.17, 15) is 5.11 Å². The van der Waals surface area contributed by atoms with Crippen molar-refractivity contribution in [1.29, 1.82) is 0 Å². The number of phenolic OH excluding ortho intramolecular Hbond substituents is 1. The Morgan fingerprint density at radius 3 is 2.83 bits per heavy atom. The predicted molar refractivity (Wildman–Crippen MR) is 53.9 cm³/mol. The van der Waals surface area contributed by atoms with Gasteiger partial charge in [-0.2, -0.15) is 0 Å². The fourth-order valence-corrected chi connectivity index (χ4v) is 1.23. The van der Waals surface area contributed by atoms with E-state index in [0.29, 0.717) is 11.0 Å². The summed E-state index contributed by atoms with van der Waals surface area (Å²) in [5.74, 6) is 0.250. The van der Waals surface area contributed by atoms with E-state index in [2.05, 4.69) is 15.9 Å². The van der Waals surface area contributed by atoms with Crippen molar-refractivity contribution >= 4 is 22.0 Å². The monoisotopic (exact) mass is 227 g/mol. The number of aromatic hydroxyl groups is 1. The molecule has 0 aromatic heterocycles. The van der Waals surface area contributed by atoms with Gasteiger partial charge >= 0.3 is 0 Å². The molecular weight excluding hydrogens is 218 g/mol. The van der Waals surface area contributed by atoms with Crippen LogP contribution >= 0.6 is 15.9 Å². The van der Waals surface area contributed by atoms with Crippen molar-refractivity contribution in [2.75, 3.05) is 6.54 Å². The largest absolute Gasteiger partial charge is 0.507 e. The molecule has 12 heavy (non-hydrogen) atoms. The third-order valence-electron chi connectivity index (χ3n) is 1.42. The predicted octanol–water partition coefficient (Wildman–Crippen LogP) is 2.13. The molecule has 0 radical (unpaired) electrons. The molecule has 0 saturated carbocycles. The van der Waals surface area contributed by atoms with Crippen LogP contribution in [0.2, 0.25) is 0 Å². The molecular formula is C9H10BrNO. The molecule has 0 saturated heterocycles. The van der Waals surface area contributed by atoms with Crippen molar-refractivity contribution in [3.63, 3.8) is 0 Å². The first-order chi connectivity index (χ1) is 5.74.